The predicted octanol–water partition coefficient (Wildman–Crippen LogP) is 5.57. The van der Waals surface area contributed by atoms with Crippen LogP contribution in [0.1, 0.15) is 49.7 Å². The van der Waals surface area contributed by atoms with E-state index in [-0.39, 0.29) is 5.57 Å². The quantitative estimate of drug-likeness (QED) is 0.197. The maximum absolute atomic E-state index is 12.7. The van der Waals surface area contributed by atoms with E-state index in [9.17, 15) is 14.4 Å². The topological polar surface area (TPSA) is 75.5 Å². The van der Waals surface area contributed by atoms with Crippen LogP contribution in [0.15, 0.2) is 72.4 Å². The number of hydrogen-bond acceptors (Lipinski definition) is 4. The Morgan fingerprint density at radius 2 is 1.30 bits per heavy atom. The summed E-state index contributed by atoms with van der Waals surface area (Å²) < 4.78 is 1.89. The fourth-order valence-corrected chi connectivity index (χ4v) is 4.56. The lowest BCUT2D eigenvalue weighted by molar-refractivity contribution is -0.134. The Hall–Kier alpha value is -4.00. The summed E-state index contributed by atoms with van der Waals surface area (Å²) in [7, 11) is 2.76. The van der Waals surface area contributed by atoms with E-state index in [0.717, 1.165) is 41.2 Å². The molecule has 2 heterocycles. The first-order valence-electron chi connectivity index (χ1n) is 12.9. The third-order valence-electron chi connectivity index (χ3n) is 6.73. The number of likely N-dealkylation sites (N-methyl/N-ethyl adjacent to an activating group) is 2. The molecular formula is C30H34N4O3. The molecule has 0 bridgehead atoms. The van der Waals surface area contributed by atoms with Crippen molar-refractivity contribution in [1.29, 1.82) is 0 Å². The minimum absolute atomic E-state index is 0.0446. The number of amides is 4. The van der Waals surface area contributed by atoms with Gasteiger partial charge in [-0.25, -0.2) is 4.79 Å². The second-order valence-electron chi connectivity index (χ2n) is 9.49. The molecule has 0 unspecified atom stereocenters. The predicted molar refractivity (Wildman–Crippen MR) is 144 cm³/mol. The Kier molecular flexibility index (Phi) is 8.67. The first-order valence-corrected chi connectivity index (χ1v) is 12.9. The lowest BCUT2D eigenvalue weighted by atomic mass is 10.0. The average Bonchev–Trinajstić information content (AvgIpc) is 3.34. The smallest absolute Gasteiger partial charge is 0.272 e. The van der Waals surface area contributed by atoms with Gasteiger partial charge in [-0.2, -0.15) is 5.10 Å². The van der Waals surface area contributed by atoms with Gasteiger partial charge in [-0.05, 0) is 30.9 Å². The summed E-state index contributed by atoms with van der Waals surface area (Å²) in [6, 6.07) is 19.7. The van der Waals surface area contributed by atoms with Crippen LogP contribution >= 0.6 is 0 Å². The van der Waals surface area contributed by atoms with Crippen molar-refractivity contribution in [1.82, 2.24) is 19.6 Å². The molecule has 7 nitrogen and oxygen atoms in total. The lowest BCUT2D eigenvalue weighted by Crippen LogP contribution is -2.52. The monoisotopic (exact) mass is 498 g/mol. The molecule has 4 rings (SSSR count). The van der Waals surface area contributed by atoms with Crippen LogP contribution in [0.5, 0.6) is 0 Å². The Morgan fingerprint density at radius 3 is 1.95 bits per heavy atom. The van der Waals surface area contributed by atoms with Crippen molar-refractivity contribution in [2.24, 2.45) is 0 Å². The molecule has 0 aliphatic carbocycles. The van der Waals surface area contributed by atoms with Crippen LogP contribution in [0, 0.1) is 0 Å². The van der Waals surface area contributed by atoms with Crippen LogP contribution in [0.3, 0.4) is 0 Å². The summed E-state index contributed by atoms with van der Waals surface area (Å²) in [5.41, 5.74) is 3.65. The number of aryl methyl sites for hydroxylation is 2. The molecule has 1 aliphatic heterocycles. The van der Waals surface area contributed by atoms with Gasteiger partial charge in [0.05, 0.1) is 5.69 Å². The van der Waals surface area contributed by atoms with Gasteiger partial charge in [-0.1, -0.05) is 86.3 Å². The Bertz CT molecular complexity index is 1240. The van der Waals surface area contributed by atoms with Gasteiger partial charge in [-0.15, -0.1) is 0 Å². The number of carbonyl (C=O) groups excluding carboxylic acids is 3. The lowest BCUT2D eigenvalue weighted by Gasteiger charge is -2.28. The summed E-state index contributed by atoms with van der Waals surface area (Å²) in [5.74, 6) is -1.21. The number of aromatic nitrogens is 2. The molecular weight excluding hydrogens is 464 g/mol. The molecule has 0 atom stereocenters. The fourth-order valence-electron chi connectivity index (χ4n) is 4.56. The first-order chi connectivity index (χ1) is 18.0. The zero-order chi connectivity index (χ0) is 26.2. The number of urea groups is 1. The molecule has 1 aliphatic rings. The number of imide groups is 2. The Morgan fingerprint density at radius 1 is 0.730 bits per heavy atom. The maximum Gasteiger partial charge on any atom is 0.333 e. The molecule has 37 heavy (non-hydrogen) atoms. The highest BCUT2D eigenvalue weighted by Gasteiger charge is 2.38. The van der Waals surface area contributed by atoms with Crippen LogP contribution in [-0.4, -0.2) is 51.5 Å². The van der Waals surface area contributed by atoms with Crippen molar-refractivity contribution in [2.45, 2.75) is 51.5 Å². The van der Waals surface area contributed by atoms with Crippen LogP contribution in [0.2, 0.25) is 0 Å². The summed E-state index contributed by atoms with van der Waals surface area (Å²) in [5, 5.41) is 4.79. The second-order valence-corrected chi connectivity index (χ2v) is 9.49. The van der Waals surface area contributed by atoms with Crippen molar-refractivity contribution in [3.63, 3.8) is 0 Å². The minimum Gasteiger partial charge on any atom is -0.272 e. The zero-order valence-corrected chi connectivity index (χ0v) is 21.6. The highest BCUT2D eigenvalue weighted by atomic mass is 16.2. The number of unbranched alkanes of at least 4 members (excludes halogenated alkanes) is 5. The van der Waals surface area contributed by atoms with Crippen LogP contribution in [0.25, 0.3) is 17.3 Å². The fraction of sp³-hybridized carbons (Fsp3) is 0.333. The summed E-state index contributed by atoms with van der Waals surface area (Å²) >= 11 is 0. The summed E-state index contributed by atoms with van der Waals surface area (Å²) in [6.07, 6.45) is 11.6. The van der Waals surface area contributed by atoms with Crippen LogP contribution in [-0.2, 0) is 22.6 Å². The van der Waals surface area contributed by atoms with Crippen molar-refractivity contribution >= 4 is 23.9 Å². The standard InChI is InChI=1S/C30H34N4O3/c1-32-28(35)26(29(36)33(2)30(32)37)21-25-22-34(31-27(25)24-18-12-8-13-19-24)20-14-6-4-3-5-9-15-23-16-10-7-11-17-23/h7-8,10-13,16-19,21-22H,3-6,9,14-15,20H2,1-2H3. The molecule has 3 aromatic rings. The largest absolute Gasteiger partial charge is 0.333 e. The van der Waals surface area contributed by atoms with Crippen molar-refractivity contribution < 1.29 is 14.4 Å². The minimum atomic E-state index is -0.633. The van der Waals surface area contributed by atoms with E-state index in [4.69, 9.17) is 5.10 Å². The van der Waals surface area contributed by atoms with Gasteiger partial charge in [-0.3, -0.25) is 24.1 Å². The molecule has 1 fully saturated rings. The van der Waals surface area contributed by atoms with Crippen LogP contribution in [0.4, 0.5) is 4.79 Å². The highest BCUT2D eigenvalue weighted by molar-refractivity contribution is 6.30. The molecule has 1 aromatic heterocycles. The number of benzene rings is 2. The molecule has 4 amide bonds. The van der Waals surface area contributed by atoms with E-state index < -0.39 is 17.8 Å². The van der Waals surface area contributed by atoms with E-state index in [1.807, 2.05) is 41.2 Å². The van der Waals surface area contributed by atoms with Crippen molar-refractivity contribution in [3.05, 3.63) is 83.6 Å². The third kappa shape index (κ3) is 6.42. The maximum atomic E-state index is 12.7. The van der Waals surface area contributed by atoms with Gasteiger partial charge in [0.15, 0.2) is 0 Å². The SMILES string of the molecule is CN1C(=O)C(=Cc2cn(CCCCCCCCc3ccccc3)nc2-c2ccccc2)C(=O)N(C)C1=O. The van der Waals surface area contributed by atoms with E-state index in [1.165, 1.54) is 45.3 Å². The average molecular weight is 499 g/mol. The third-order valence-corrected chi connectivity index (χ3v) is 6.73. The number of carbonyl (C=O) groups is 3. The molecule has 0 radical (unpaired) electrons. The van der Waals surface area contributed by atoms with Crippen molar-refractivity contribution in [2.75, 3.05) is 14.1 Å². The molecule has 0 saturated carbocycles. The number of barbiturate groups is 1. The van der Waals surface area contributed by atoms with E-state index in [2.05, 4.69) is 30.3 Å². The van der Waals surface area contributed by atoms with Crippen LogP contribution < -0.4 is 0 Å². The van der Waals surface area contributed by atoms with Gasteiger partial charge in [0, 0.05) is 38.0 Å². The van der Waals surface area contributed by atoms with E-state index in [0.29, 0.717) is 11.3 Å². The Balaban J connectivity index is 1.38. The molecule has 7 heteroatoms. The van der Waals surface area contributed by atoms with Gasteiger partial charge in [0.2, 0.25) is 0 Å². The second kappa shape index (κ2) is 12.3. The summed E-state index contributed by atoms with van der Waals surface area (Å²) in [6.45, 7) is 0.757. The van der Waals surface area contributed by atoms with Gasteiger partial charge in [0.25, 0.3) is 11.8 Å². The normalized spacial score (nSPS) is 14.0. The molecule has 2 aromatic carbocycles. The molecule has 0 N–H and O–H groups in total. The van der Waals surface area contributed by atoms with Gasteiger partial charge < -0.3 is 0 Å². The highest BCUT2D eigenvalue weighted by Crippen LogP contribution is 2.26. The molecule has 192 valence electrons. The molecule has 1 saturated heterocycles. The summed E-state index contributed by atoms with van der Waals surface area (Å²) in [4.78, 5) is 39.4. The first kappa shape index (κ1) is 26.1. The van der Waals surface area contributed by atoms with Gasteiger partial charge >= 0.3 is 6.03 Å². The van der Waals surface area contributed by atoms with Crippen molar-refractivity contribution in [3.8, 4) is 11.3 Å². The zero-order valence-electron chi connectivity index (χ0n) is 21.6. The number of hydrogen-bond donors (Lipinski definition) is 0. The number of nitrogens with zero attached hydrogens (tertiary/aromatic N) is 4. The Labute approximate surface area is 218 Å². The van der Waals surface area contributed by atoms with Gasteiger partial charge in [0.1, 0.15) is 5.57 Å². The number of rotatable bonds is 11. The van der Waals surface area contributed by atoms with E-state index in [1.54, 1.807) is 6.08 Å². The van der Waals surface area contributed by atoms with E-state index >= 15 is 0 Å². The molecule has 0 spiro atoms.